The van der Waals surface area contributed by atoms with E-state index in [9.17, 15) is 14.7 Å². The lowest BCUT2D eigenvalue weighted by molar-refractivity contribution is -0.117. The van der Waals surface area contributed by atoms with Gasteiger partial charge in [0.1, 0.15) is 5.76 Å². The molecule has 1 aromatic carbocycles. The summed E-state index contributed by atoms with van der Waals surface area (Å²) in [5.74, 6) is -0.653. The van der Waals surface area contributed by atoms with Crippen LogP contribution in [0, 0.1) is 6.92 Å². The SMILES string of the molecule is COc1ccc(C2C(C(=O)c3ccc(C)o3)=C(O)C(=O)N2c2ncccn2)cc1OC. The molecule has 0 fully saturated rings. The van der Waals surface area contributed by atoms with Gasteiger partial charge in [-0.25, -0.2) is 9.97 Å². The molecule has 1 aliphatic rings. The van der Waals surface area contributed by atoms with Crippen molar-refractivity contribution in [1.82, 2.24) is 9.97 Å². The predicted molar refractivity (Wildman–Crippen MR) is 109 cm³/mol. The van der Waals surface area contributed by atoms with Gasteiger partial charge in [0, 0.05) is 12.4 Å². The molecule has 0 saturated carbocycles. The standard InChI is InChI=1S/C22H19N3O6/c1-12-5-7-15(31-12)19(26)17-18(13-6-8-14(29-2)16(11-13)30-3)25(21(28)20(17)27)22-23-9-4-10-24-22/h4-11,18,27H,1-3H3. The van der Waals surface area contributed by atoms with Gasteiger partial charge in [0.25, 0.3) is 5.91 Å². The van der Waals surface area contributed by atoms with E-state index in [1.807, 2.05) is 0 Å². The molecule has 1 amide bonds. The summed E-state index contributed by atoms with van der Waals surface area (Å²) >= 11 is 0. The first-order valence-electron chi connectivity index (χ1n) is 9.33. The average molecular weight is 421 g/mol. The van der Waals surface area contributed by atoms with Crippen LogP contribution in [-0.2, 0) is 4.79 Å². The number of carbonyl (C=O) groups excluding carboxylic acids is 2. The smallest absolute Gasteiger partial charge is 0.296 e. The van der Waals surface area contributed by atoms with Crippen LogP contribution in [0.2, 0.25) is 0 Å². The van der Waals surface area contributed by atoms with E-state index >= 15 is 0 Å². The number of aliphatic hydroxyl groups excluding tert-OH is 1. The Morgan fingerprint density at radius 2 is 1.81 bits per heavy atom. The van der Waals surface area contributed by atoms with Crippen molar-refractivity contribution < 1.29 is 28.6 Å². The van der Waals surface area contributed by atoms with E-state index in [1.165, 1.54) is 37.6 Å². The average Bonchev–Trinajstić information content (AvgIpc) is 3.34. The van der Waals surface area contributed by atoms with E-state index in [0.717, 1.165) is 0 Å². The van der Waals surface area contributed by atoms with Crippen molar-refractivity contribution in [2.24, 2.45) is 0 Å². The Morgan fingerprint density at radius 3 is 2.42 bits per heavy atom. The molecule has 3 heterocycles. The first-order chi connectivity index (χ1) is 15.0. The Hall–Kier alpha value is -4.14. The van der Waals surface area contributed by atoms with Crippen LogP contribution in [0.3, 0.4) is 0 Å². The number of aryl methyl sites for hydroxylation is 1. The number of rotatable bonds is 6. The number of ether oxygens (including phenoxy) is 2. The molecule has 158 valence electrons. The summed E-state index contributed by atoms with van der Waals surface area (Å²) in [4.78, 5) is 35.7. The normalized spacial score (nSPS) is 16.0. The van der Waals surface area contributed by atoms with E-state index in [-0.39, 0.29) is 17.3 Å². The van der Waals surface area contributed by atoms with Gasteiger partial charge in [-0.2, -0.15) is 0 Å². The molecular weight excluding hydrogens is 402 g/mol. The van der Waals surface area contributed by atoms with Gasteiger partial charge in [0.2, 0.25) is 11.7 Å². The second-order valence-electron chi connectivity index (χ2n) is 6.74. The highest BCUT2D eigenvalue weighted by molar-refractivity contribution is 6.19. The molecule has 9 heteroatoms. The minimum Gasteiger partial charge on any atom is -0.503 e. The number of hydrogen-bond acceptors (Lipinski definition) is 8. The summed E-state index contributed by atoms with van der Waals surface area (Å²) in [6, 6.07) is 8.67. The number of hydrogen-bond donors (Lipinski definition) is 1. The molecule has 2 aromatic heterocycles. The molecule has 0 bridgehead atoms. The molecule has 3 aromatic rings. The highest BCUT2D eigenvalue weighted by Crippen LogP contribution is 2.43. The van der Waals surface area contributed by atoms with Crippen LogP contribution in [0.4, 0.5) is 5.95 Å². The van der Waals surface area contributed by atoms with Crippen molar-refractivity contribution in [2.75, 3.05) is 19.1 Å². The van der Waals surface area contributed by atoms with Crippen molar-refractivity contribution >= 4 is 17.6 Å². The zero-order valence-corrected chi connectivity index (χ0v) is 17.0. The van der Waals surface area contributed by atoms with Crippen LogP contribution >= 0.6 is 0 Å². The maximum atomic E-state index is 13.3. The molecular formula is C22H19N3O6. The number of carbonyl (C=O) groups is 2. The van der Waals surface area contributed by atoms with E-state index in [2.05, 4.69) is 9.97 Å². The number of aliphatic hydroxyl groups is 1. The Bertz CT molecular complexity index is 1180. The fourth-order valence-corrected chi connectivity index (χ4v) is 3.49. The monoisotopic (exact) mass is 421 g/mol. The lowest BCUT2D eigenvalue weighted by Gasteiger charge is -2.25. The Labute approximate surface area is 177 Å². The summed E-state index contributed by atoms with van der Waals surface area (Å²) in [6.07, 6.45) is 2.93. The number of nitrogens with zero attached hydrogens (tertiary/aromatic N) is 3. The number of ketones is 1. The summed E-state index contributed by atoms with van der Waals surface area (Å²) in [7, 11) is 2.98. The van der Waals surface area contributed by atoms with Gasteiger partial charge in [-0.05, 0) is 42.8 Å². The third-order valence-corrected chi connectivity index (χ3v) is 4.91. The highest BCUT2D eigenvalue weighted by Gasteiger charge is 2.46. The lowest BCUT2D eigenvalue weighted by Crippen LogP contribution is -2.32. The van der Waals surface area contributed by atoms with Gasteiger partial charge in [-0.3, -0.25) is 14.5 Å². The Kier molecular flexibility index (Phi) is 5.16. The minimum atomic E-state index is -1.01. The van der Waals surface area contributed by atoms with Gasteiger partial charge in [0.05, 0.1) is 25.8 Å². The van der Waals surface area contributed by atoms with Crippen molar-refractivity contribution in [3.05, 3.63) is 77.2 Å². The fraction of sp³-hybridized carbons (Fsp3) is 0.182. The second-order valence-corrected chi connectivity index (χ2v) is 6.74. The fourth-order valence-electron chi connectivity index (χ4n) is 3.49. The maximum Gasteiger partial charge on any atom is 0.296 e. The largest absolute Gasteiger partial charge is 0.503 e. The first-order valence-corrected chi connectivity index (χ1v) is 9.33. The van der Waals surface area contributed by atoms with Crippen molar-refractivity contribution in [3.63, 3.8) is 0 Å². The van der Waals surface area contributed by atoms with Crippen molar-refractivity contribution in [1.29, 1.82) is 0 Å². The molecule has 1 N–H and O–H groups in total. The summed E-state index contributed by atoms with van der Waals surface area (Å²) in [5.41, 5.74) is 0.355. The zero-order chi connectivity index (χ0) is 22.1. The van der Waals surface area contributed by atoms with Crippen LogP contribution in [-0.4, -0.2) is 41.0 Å². The molecule has 0 saturated heterocycles. The third kappa shape index (κ3) is 3.39. The van der Waals surface area contributed by atoms with E-state index < -0.39 is 23.5 Å². The third-order valence-electron chi connectivity index (χ3n) is 4.91. The Balaban J connectivity index is 1.90. The number of anilines is 1. The molecule has 1 atom stereocenters. The van der Waals surface area contributed by atoms with Gasteiger partial charge < -0.3 is 19.0 Å². The van der Waals surface area contributed by atoms with Gasteiger partial charge in [-0.1, -0.05) is 6.07 Å². The highest BCUT2D eigenvalue weighted by atomic mass is 16.5. The molecule has 31 heavy (non-hydrogen) atoms. The van der Waals surface area contributed by atoms with Crippen LogP contribution in [0.25, 0.3) is 0 Å². The predicted octanol–water partition coefficient (Wildman–Crippen LogP) is 3.18. The molecule has 0 aliphatic carbocycles. The summed E-state index contributed by atoms with van der Waals surface area (Å²) < 4.78 is 16.1. The van der Waals surface area contributed by atoms with E-state index in [0.29, 0.717) is 22.8 Å². The van der Waals surface area contributed by atoms with Crippen molar-refractivity contribution in [3.8, 4) is 11.5 Å². The number of benzene rings is 1. The quantitative estimate of drug-likeness (QED) is 0.604. The van der Waals surface area contributed by atoms with Gasteiger partial charge in [0.15, 0.2) is 23.0 Å². The molecule has 9 nitrogen and oxygen atoms in total. The topological polar surface area (TPSA) is 115 Å². The number of Topliss-reactive ketones (excluding diaryl/α,β-unsaturated/α-hetero) is 1. The van der Waals surface area contributed by atoms with Crippen LogP contribution in [0.1, 0.15) is 27.9 Å². The molecule has 0 radical (unpaired) electrons. The van der Waals surface area contributed by atoms with Crippen molar-refractivity contribution in [2.45, 2.75) is 13.0 Å². The maximum absolute atomic E-state index is 13.3. The number of methoxy groups -OCH3 is 2. The molecule has 1 aliphatic heterocycles. The summed E-state index contributed by atoms with van der Waals surface area (Å²) in [6.45, 7) is 1.70. The molecule has 4 rings (SSSR count). The Morgan fingerprint density at radius 1 is 1.10 bits per heavy atom. The van der Waals surface area contributed by atoms with E-state index in [4.69, 9.17) is 13.9 Å². The minimum absolute atomic E-state index is 0.00755. The molecule has 0 spiro atoms. The number of amides is 1. The summed E-state index contributed by atoms with van der Waals surface area (Å²) in [5, 5.41) is 10.7. The lowest BCUT2D eigenvalue weighted by atomic mass is 9.95. The van der Waals surface area contributed by atoms with Crippen LogP contribution in [0.15, 0.2) is 64.5 Å². The van der Waals surface area contributed by atoms with E-state index in [1.54, 1.807) is 37.3 Å². The number of furan rings is 1. The first kappa shape index (κ1) is 20.1. The second kappa shape index (κ2) is 7.94. The molecule has 1 unspecified atom stereocenters. The number of aromatic nitrogens is 2. The zero-order valence-electron chi connectivity index (χ0n) is 17.0. The van der Waals surface area contributed by atoms with Crippen LogP contribution < -0.4 is 14.4 Å². The van der Waals surface area contributed by atoms with Crippen LogP contribution in [0.5, 0.6) is 11.5 Å². The van der Waals surface area contributed by atoms with Gasteiger partial charge >= 0.3 is 0 Å². The van der Waals surface area contributed by atoms with Gasteiger partial charge in [-0.15, -0.1) is 0 Å².